The van der Waals surface area contributed by atoms with E-state index in [1.807, 2.05) is 24.3 Å². The molecule has 0 spiro atoms. The third kappa shape index (κ3) is 3.44. The van der Waals surface area contributed by atoms with Gasteiger partial charge in [-0.05, 0) is 18.6 Å². The van der Waals surface area contributed by atoms with E-state index in [9.17, 15) is 4.79 Å². The molecule has 0 aliphatic carbocycles. The molecule has 1 amide bonds. The first-order valence-corrected chi connectivity index (χ1v) is 6.93. The fourth-order valence-electron chi connectivity index (χ4n) is 2.00. The summed E-state index contributed by atoms with van der Waals surface area (Å²) in [5, 5.41) is 4.11. The summed E-state index contributed by atoms with van der Waals surface area (Å²) >= 11 is 5.96. The van der Waals surface area contributed by atoms with Crippen molar-refractivity contribution in [1.29, 1.82) is 0 Å². The number of fused-ring (bicyclic) bond motifs is 1. The fraction of sp³-hybridized carbons (Fsp3) is 0.333. The molecule has 100 valence electrons. The van der Waals surface area contributed by atoms with Crippen LogP contribution in [0.3, 0.4) is 0 Å². The van der Waals surface area contributed by atoms with Crippen LogP contribution < -0.4 is 5.32 Å². The number of benzene rings is 1. The Morgan fingerprint density at radius 2 is 2.11 bits per heavy atom. The van der Waals surface area contributed by atoms with E-state index in [1.54, 1.807) is 6.07 Å². The van der Waals surface area contributed by atoms with Gasteiger partial charge in [-0.3, -0.25) is 4.79 Å². The van der Waals surface area contributed by atoms with E-state index in [-0.39, 0.29) is 5.91 Å². The van der Waals surface area contributed by atoms with Gasteiger partial charge in [0.1, 0.15) is 5.15 Å². The molecular formula is C15H17ClN2O. The van der Waals surface area contributed by atoms with Gasteiger partial charge in [0.05, 0.1) is 11.1 Å². The standard InChI is InChI=1S/C15H17ClN2O/c1-2-3-6-9-17-15(19)12-10-14(16)18-13-8-5-4-7-11(12)13/h4-5,7-8,10H,2-3,6,9H2,1H3,(H,17,19). The number of amides is 1. The van der Waals surface area contributed by atoms with Crippen molar-refractivity contribution >= 4 is 28.4 Å². The molecule has 2 rings (SSSR count). The monoisotopic (exact) mass is 276 g/mol. The molecule has 4 heteroatoms. The molecule has 3 nitrogen and oxygen atoms in total. The number of hydrogen-bond donors (Lipinski definition) is 1. The van der Waals surface area contributed by atoms with Gasteiger partial charge in [-0.15, -0.1) is 0 Å². The highest BCUT2D eigenvalue weighted by Crippen LogP contribution is 2.20. The van der Waals surface area contributed by atoms with E-state index in [4.69, 9.17) is 11.6 Å². The minimum atomic E-state index is -0.0865. The van der Waals surface area contributed by atoms with E-state index in [0.717, 1.165) is 30.2 Å². The number of halogens is 1. The van der Waals surface area contributed by atoms with E-state index in [2.05, 4.69) is 17.2 Å². The molecule has 2 aromatic rings. The zero-order valence-corrected chi connectivity index (χ0v) is 11.7. The van der Waals surface area contributed by atoms with E-state index < -0.39 is 0 Å². The molecule has 0 saturated carbocycles. The summed E-state index contributed by atoms with van der Waals surface area (Å²) < 4.78 is 0. The average Bonchev–Trinajstić information content (AvgIpc) is 2.42. The molecule has 19 heavy (non-hydrogen) atoms. The SMILES string of the molecule is CCCCCNC(=O)c1cc(Cl)nc2ccccc12. The summed E-state index contributed by atoms with van der Waals surface area (Å²) in [6.45, 7) is 2.83. The lowest BCUT2D eigenvalue weighted by Gasteiger charge is -2.08. The molecule has 1 aromatic heterocycles. The molecule has 0 bridgehead atoms. The number of carbonyl (C=O) groups excluding carboxylic acids is 1. The molecule has 0 unspecified atom stereocenters. The quantitative estimate of drug-likeness (QED) is 0.666. The second kappa shape index (κ2) is 6.53. The lowest BCUT2D eigenvalue weighted by atomic mass is 10.1. The van der Waals surface area contributed by atoms with Crippen LogP contribution in [0.25, 0.3) is 10.9 Å². The highest BCUT2D eigenvalue weighted by atomic mass is 35.5. The zero-order chi connectivity index (χ0) is 13.7. The first-order chi connectivity index (χ1) is 9.22. The lowest BCUT2D eigenvalue weighted by molar-refractivity contribution is 0.0954. The highest BCUT2D eigenvalue weighted by molar-refractivity contribution is 6.30. The molecule has 1 N–H and O–H groups in total. The molecule has 0 atom stereocenters. The van der Waals surface area contributed by atoms with Crippen molar-refractivity contribution in [2.24, 2.45) is 0 Å². The van der Waals surface area contributed by atoms with Gasteiger partial charge >= 0.3 is 0 Å². The van der Waals surface area contributed by atoms with Gasteiger partial charge in [0, 0.05) is 11.9 Å². The number of rotatable bonds is 5. The smallest absolute Gasteiger partial charge is 0.252 e. The average molecular weight is 277 g/mol. The molecule has 1 aromatic carbocycles. The maximum atomic E-state index is 12.2. The molecule has 0 aliphatic heterocycles. The third-order valence-electron chi connectivity index (χ3n) is 3.00. The van der Waals surface area contributed by atoms with Gasteiger partial charge in [0.2, 0.25) is 0 Å². The molecule has 0 radical (unpaired) electrons. The van der Waals surface area contributed by atoms with Crippen LogP contribution in [0, 0.1) is 0 Å². The molecule has 0 saturated heterocycles. The predicted molar refractivity (Wildman–Crippen MR) is 78.6 cm³/mol. The van der Waals surface area contributed by atoms with Crippen LogP contribution in [0.1, 0.15) is 36.5 Å². The first kappa shape index (κ1) is 13.8. The van der Waals surface area contributed by atoms with Gasteiger partial charge in [-0.2, -0.15) is 0 Å². The van der Waals surface area contributed by atoms with E-state index in [1.165, 1.54) is 0 Å². The summed E-state index contributed by atoms with van der Waals surface area (Å²) in [6, 6.07) is 9.15. The van der Waals surface area contributed by atoms with Crippen LogP contribution in [0.4, 0.5) is 0 Å². The zero-order valence-electron chi connectivity index (χ0n) is 10.9. The van der Waals surface area contributed by atoms with Crippen molar-refractivity contribution in [2.75, 3.05) is 6.54 Å². The van der Waals surface area contributed by atoms with E-state index in [0.29, 0.717) is 17.3 Å². The minimum Gasteiger partial charge on any atom is -0.352 e. The first-order valence-electron chi connectivity index (χ1n) is 6.56. The summed E-state index contributed by atoms with van der Waals surface area (Å²) in [6.07, 6.45) is 3.26. The summed E-state index contributed by atoms with van der Waals surface area (Å²) in [7, 11) is 0. The summed E-state index contributed by atoms with van der Waals surface area (Å²) in [5.74, 6) is -0.0865. The Morgan fingerprint density at radius 1 is 1.32 bits per heavy atom. The maximum Gasteiger partial charge on any atom is 0.252 e. The van der Waals surface area contributed by atoms with Crippen LogP contribution >= 0.6 is 11.6 Å². The number of unbranched alkanes of at least 4 members (excludes halogenated alkanes) is 2. The van der Waals surface area contributed by atoms with Gasteiger partial charge in [0.15, 0.2) is 0 Å². The lowest BCUT2D eigenvalue weighted by Crippen LogP contribution is -2.24. The fourth-order valence-corrected chi connectivity index (χ4v) is 2.20. The molecule has 1 heterocycles. The number of pyridine rings is 1. The van der Waals surface area contributed by atoms with Gasteiger partial charge < -0.3 is 5.32 Å². The number of hydrogen-bond acceptors (Lipinski definition) is 2. The number of para-hydroxylation sites is 1. The number of nitrogens with one attached hydrogen (secondary N) is 1. The van der Waals surface area contributed by atoms with Crippen molar-refractivity contribution in [2.45, 2.75) is 26.2 Å². The summed E-state index contributed by atoms with van der Waals surface area (Å²) in [4.78, 5) is 16.4. The largest absolute Gasteiger partial charge is 0.352 e. The van der Waals surface area contributed by atoms with Crippen molar-refractivity contribution in [3.05, 3.63) is 41.0 Å². The Labute approximate surface area is 118 Å². The minimum absolute atomic E-state index is 0.0865. The van der Waals surface area contributed by atoms with Crippen LogP contribution in [-0.4, -0.2) is 17.4 Å². The Bertz CT molecular complexity index is 583. The number of nitrogens with zero attached hydrogens (tertiary/aromatic N) is 1. The van der Waals surface area contributed by atoms with Crippen LogP contribution in [0.5, 0.6) is 0 Å². The van der Waals surface area contributed by atoms with Crippen LogP contribution in [-0.2, 0) is 0 Å². The van der Waals surface area contributed by atoms with Crippen LogP contribution in [0.15, 0.2) is 30.3 Å². The van der Waals surface area contributed by atoms with Gasteiger partial charge in [-0.1, -0.05) is 49.6 Å². The number of carbonyl (C=O) groups is 1. The Kier molecular flexibility index (Phi) is 4.74. The molecule has 0 fully saturated rings. The Hall–Kier alpha value is -1.61. The molecular weight excluding hydrogens is 260 g/mol. The van der Waals surface area contributed by atoms with Crippen LogP contribution in [0.2, 0.25) is 5.15 Å². The van der Waals surface area contributed by atoms with Crippen molar-refractivity contribution < 1.29 is 4.79 Å². The Balaban J connectivity index is 2.21. The second-order valence-corrected chi connectivity index (χ2v) is 4.86. The Morgan fingerprint density at radius 3 is 2.89 bits per heavy atom. The van der Waals surface area contributed by atoms with Gasteiger partial charge in [0.25, 0.3) is 5.91 Å². The van der Waals surface area contributed by atoms with E-state index >= 15 is 0 Å². The highest BCUT2D eigenvalue weighted by Gasteiger charge is 2.11. The predicted octanol–water partition coefficient (Wildman–Crippen LogP) is 3.81. The van der Waals surface area contributed by atoms with Crippen molar-refractivity contribution in [1.82, 2.24) is 10.3 Å². The summed E-state index contributed by atoms with van der Waals surface area (Å²) in [5.41, 5.74) is 1.33. The topological polar surface area (TPSA) is 42.0 Å². The van der Waals surface area contributed by atoms with Gasteiger partial charge in [-0.25, -0.2) is 4.98 Å². The maximum absolute atomic E-state index is 12.2. The molecule has 0 aliphatic rings. The van der Waals surface area contributed by atoms with Crippen molar-refractivity contribution in [3.63, 3.8) is 0 Å². The third-order valence-corrected chi connectivity index (χ3v) is 3.19. The second-order valence-electron chi connectivity index (χ2n) is 4.47. The van der Waals surface area contributed by atoms with Crippen molar-refractivity contribution in [3.8, 4) is 0 Å². The normalized spacial score (nSPS) is 10.6. The number of aromatic nitrogens is 1.